The van der Waals surface area contributed by atoms with E-state index in [4.69, 9.17) is 4.74 Å². The number of para-hydroxylation sites is 1. The molecular weight excluding hydrogens is 372 g/mol. The van der Waals surface area contributed by atoms with Gasteiger partial charge in [-0.2, -0.15) is 5.10 Å². The van der Waals surface area contributed by atoms with Crippen molar-refractivity contribution in [2.75, 3.05) is 0 Å². The number of hydrazone groups is 1. The Balaban J connectivity index is 1.47. The van der Waals surface area contributed by atoms with Crippen molar-refractivity contribution in [1.82, 2.24) is 5.43 Å². The van der Waals surface area contributed by atoms with Crippen LogP contribution >= 0.6 is 0 Å². The fraction of sp³-hybridized carbons (Fsp3) is 0.0769. The lowest BCUT2D eigenvalue weighted by Crippen LogP contribution is -2.18. The van der Waals surface area contributed by atoms with Crippen molar-refractivity contribution in [1.29, 1.82) is 0 Å². The number of hydrogen-bond donors (Lipinski definition) is 1. The first-order valence-corrected chi connectivity index (χ1v) is 9.80. The topological polar surface area (TPSA) is 50.7 Å². The van der Waals surface area contributed by atoms with Gasteiger partial charge < -0.3 is 4.74 Å². The van der Waals surface area contributed by atoms with E-state index in [0.717, 1.165) is 16.7 Å². The Bertz CT molecular complexity index is 1210. The van der Waals surface area contributed by atoms with E-state index in [1.807, 2.05) is 67.6 Å². The molecule has 0 aromatic heterocycles. The van der Waals surface area contributed by atoms with Crippen molar-refractivity contribution in [2.24, 2.45) is 5.10 Å². The Labute approximate surface area is 175 Å². The summed E-state index contributed by atoms with van der Waals surface area (Å²) in [6.45, 7) is 2.34. The van der Waals surface area contributed by atoms with Gasteiger partial charge in [-0.15, -0.1) is 0 Å². The van der Waals surface area contributed by atoms with Crippen LogP contribution in [0.4, 0.5) is 0 Å². The summed E-state index contributed by atoms with van der Waals surface area (Å²) in [5.41, 5.74) is 6.01. The highest BCUT2D eigenvalue weighted by Gasteiger charge is 2.07. The number of rotatable bonds is 6. The molecule has 0 bridgehead atoms. The van der Waals surface area contributed by atoms with Crippen molar-refractivity contribution in [3.63, 3.8) is 0 Å². The number of fused-ring (bicyclic) bond motifs is 1. The van der Waals surface area contributed by atoms with Crippen molar-refractivity contribution in [3.05, 3.63) is 113 Å². The van der Waals surface area contributed by atoms with Crippen molar-refractivity contribution in [2.45, 2.75) is 13.5 Å². The largest absolute Gasteiger partial charge is 0.488 e. The number of nitrogens with one attached hydrogen (secondary N) is 1. The Morgan fingerprint density at radius 3 is 2.53 bits per heavy atom. The van der Waals surface area contributed by atoms with Crippen LogP contribution in [0.5, 0.6) is 5.75 Å². The molecule has 4 aromatic carbocycles. The summed E-state index contributed by atoms with van der Waals surface area (Å²) in [6.07, 6.45) is 1.61. The summed E-state index contributed by atoms with van der Waals surface area (Å²) in [4.78, 5) is 12.3. The molecule has 0 heterocycles. The second kappa shape index (κ2) is 9.05. The normalized spacial score (nSPS) is 11.0. The molecule has 1 amide bonds. The van der Waals surface area contributed by atoms with Gasteiger partial charge in [0, 0.05) is 11.1 Å². The number of benzene rings is 4. The zero-order chi connectivity index (χ0) is 20.8. The standard InChI is InChI=1S/C26H22N2O2/c1-19-9-2-5-14-23(19)26(29)28-27-17-21-11-4-7-16-25(21)30-18-22-13-8-12-20-10-3-6-15-24(20)22/h2-17H,18H2,1H3,(H,28,29)/b27-17+. The summed E-state index contributed by atoms with van der Waals surface area (Å²) < 4.78 is 6.09. The van der Waals surface area contributed by atoms with E-state index >= 15 is 0 Å². The van der Waals surface area contributed by atoms with Crippen LogP contribution in [-0.2, 0) is 6.61 Å². The maximum atomic E-state index is 12.3. The lowest BCUT2D eigenvalue weighted by Gasteiger charge is -2.11. The molecule has 0 saturated carbocycles. The van der Waals surface area contributed by atoms with Gasteiger partial charge in [0.25, 0.3) is 5.91 Å². The van der Waals surface area contributed by atoms with Crippen LogP contribution in [0.1, 0.15) is 27.0 Å². The van der Waals surface area contributed by atoms with Crippen LogP contribution in [0.15, 0.2) is 96.1 Å². The molecule has 0 radical (unpaired) electrons. The predicted molar refractivity (Wildman–Crippen MR) is 121 cm³/mol. The molecule has 4 nitrogen and oxygen atoms in total. The molecule has 0 unspecified atom stereocenters. The van der Waals surface area contributed by atoms with Gasteiger partial charge in [-0.3, -0.25) is 4.79 Å². The molecule has 30 heavy (non-hydrogen) atoms. The van der Waals surface area contributed by atoms with Crippen LogP contribution in [-0.4, -0.2) is 12.1 Å². The smallest absolute Gasteiger partial charge is 0.271 e. The fourth-order valence-corrected chi connectivity index (χ4v) is 3.34. The summed E-state index contributed by atoms with van der Waals surface area (Å²) in [5, 5.41) is 6.48. The molecule has 4 rings (SSSR count). The van der Waals surface area contributed by atoms with Crippen LogP contribution in [0.3, 0.4) is 0 Å². The van der Waals surface area contributed by atoms with E-state index in [2.05, 4.69) is 34.8 Å². The van der Waals surface area contributed by atoms with Crippen LogP contribution in [0, 0.1) is 6.92 Å². The van der Waals surface area contributed by atoms with Gasteiger partial charge in [0.05, 0.1) is 6.21 Å². The van der Waals surface area contributed by atoms with E-state index in [1.165, 1.54) is 10.8 Å². The Morgan fingerprint density at radius 2 is 1.63 bits per heavy atom. The van der Waals surface area contributed by atoms with Gasteiger partial charge in [0.15, 0.2) is 0 Å². The molecule has 0 spiro atoms. The molecule has 1 N–H and O–H groups in total. The Morgan fingerprint density at radius 1 is 0.900 bits per heavy atom. The molecule has 4 aromatic rings. The lowest BCUT2D eigenvalue weighted by molar-refractivity contribution is 0.0954. The van der Waals surface area contributed by atoms with Crippen LogP contribution in [0.25, 0.3) is 10.8 Å². The molecule has 0 atom stereocenters. The second-order valence-corrected chi connectivity index (χ2v) is 6.98. The first-order chi connectivity index (χ1) is 14.7. The minimum Gasteiger partial charge on any atom is -0.488 e. The molecule has 0 saturated heterocycles. The number of aryl methyl sites for hydroxylation is 1. The number of amides is 1. The number of ether oxygens (including phenoxy) is 1. The number of carbonyl (C=O) groups excluding carboxylic acids is 1. The quantitative estimate of drug-likeness (QED) is 0.347. The van der Waals surface area contributed by atoms with E-state index in [0.29, 0.717) is 17.9 Å². The van der Waals surface area contributed by atoms with Gasteiger partial charge >= 0.3 is 0 Å². The van der Waals surface area contributed by atoms with Crippen LogP contribution < -0.4 is 10.2 Å². The van der Waals surface area contributed by atoms with E-state index in [1.54, 1.807) is 12.3 Å². The van der Waals surface area contributed by atoms with Crippen molar-refractivity contribution in [3.8, 4) is 5.75 Å². The lowest BCUT2D eigenvalue weighted by atomic mass is 10.1. The fourth-order valence-electron chi connectivity index (χ4n) is 3.34. The molecule has 0 aliphatic carbocycles. The Kier molecular flexibility index (Phi) is 5.85. The van der Waals surface area contributed by atoms with Gasteiger partial charge in [-0.1, -0.05) is 72.8 Å². The zero-order valence-corrected chi connectivity index (χ0v) is 16.7. The third-order valence-corrected chi connectivity index (χ3v) is 4.94. The molecule has 0 fully saturated rings. The zero-order valence-electron chi connectivity index (χ0n) is 16.7. The summed E-state index contributed by atoms with van der Waals surface area (Å²) in [6, 6.07) is 29.5. The van der Waals surface area contributed by atoms with E-state index in [9.17, 15) is 4.79 Å². The number of carbonyl (C=O) groups is 1. The minimum absolute atomic E-state index is 0.237. The highest BCUT2D eigenvalue weighted by atomic mass is 16.5. The molecule has 0 aliphatic heterocycles. The van der Waals surface area contributed by atoms with Gasteiger partial charge in [0.1, 0.15) is 12.4 Å². The second-order valence-electron chi connectivity index (χ2n) is 6.98. The maximum absolute atomic E-state index is 12.3. The highest BCUT2D eigenvalue weighted by Crippen LogP contribution is 2.22. The Hall–Kier alpha value is -3.92. The average molecular weight is 394 g/mol. The summed E-state index contributed by atoms with van der Waals surface area (Å²) in [7, 11) is 0. The third kappa shape index (κ3) is 4.39. The first-order valence-electron chi connectivity index (χ1n) is 9.80. The predicted octanol–water partition coefficient (Wildman–Crippen LogP) is 5.49. The summed E-state index contributed by atoms with van der Waals surface area (Å²) >= 11 is 0. The molecule has 4 heteroatoms. The molecule has 148 valence electrons. The minimum atomic E-state index is -0.237. The SMILES string of the molecule is Cc1ccccc1C(=O)N/N=C/c1ccccc1OCc1cccc2ccccc12. The van der Waals surface area contributed by atoms with E-state index < -0.39 is 0 Å². The van der Waals surface area contributed by atoms with E-state index in [-0.39, 0.29) is 5.91 Å². The highest BCUT2D eigenvalue weighted by molar-refractivity contribution is 5.96. The molecular formula is C26H22N2O2. The van der Waals surface area contributed by atoms with Crippen LogP contribution in [0.2, 0.25) is 0 Å². The van der Waals surface area contributed by atoms with Gasteiger partial charge in [0.2, 0.25) is 0 Å². The third-order valence-electron chi connectivity index (χ3n) is 4.94. The number of nitrogens with zero attached hydrogens (tertiary/aromatic N) is 1. The van der Waals surface area contributed by atoms with Gasteiger partial charge in [-0.25, -0.2) is 5.43 Å². The average Bonchev–Trinajstić information content (AvgIpc) is 2.78. The number of hydrogen-bond acceptors (Lipinski definition) is 3. The van der Waals surface area contributed by atoms with Gasteiger partial charge in [-0.05, 0) is 47.0 Å². The van der Waals surface area contributed by atoms with Crippen molar-refractivity contribution >= 4 is 22.9 Å². The monoisotopic (exact) mass is 394 g/mol. The van der Waals surface area contributed by atoms with Crippen molar-refractivity contribution < 1.29 is 9.53 Å². The first kappa shape index (κ1) is 19.4. The maximum Gasteiger partial charge on any atom is 0.271 e. The summed E-state index contributed by atoms with van der Waals surface area (Å²) in [5.74, 6) is 0.470. The molecule has 0 aliphatic rings.